The summed E-state index contributed by atoms with van der Waals surface area (Å²) in [5, 5.41) is 3.18. The van der Waals surface area contributed by atoms with Crippen molar-refractivity contribution in [3.63, 3.8) is 0 Å². The fourth-order valence-electron chi connectivity index (χ4n) is 6.76. The Kier molecular flexibility index (Phi) is 4.77. The predicted molar refractivity (Wildman–Crippen MR) is 102 cm³/mol. The van der Waals surface area contributed by atoms with Crippen molar-refractivity contribution >= 4 is 5.91 Å². The second kappa shape index (κ2) is 6.93. The van der Waals surface area contributed by atoms with E-state index in [0.717, 1.165) is 32.2 Å². The first-order valence-electron chi connectivity index (χ1n) is 11.4. The number of ether oxygens (including phenoxy) is 2. The largest absolute Gasteiger partial charge is 0.354 e. The summed E-state index contributed by atoms with van der Waals surface area (Å²) in [5.74, 6) is 1.000. The third-order valence-corrected chi connectivity index (χ3v) is 8.46. The lowest BCUT2D eigenvalue weighted by molar-refractivity contribution is -0.569. The molecular weight excluding hydrogens is 358 g/mol. The summed E-state index contributed by atoms with van der Waals surface area (Å²) < 4.78 is 12.7. The van der Waals surface area contributed by atoms with Gasteiger partial charge in [0.25, 0.3) is 0 Å². The average molecular weight is 394 g/mol. The molecule has 0 unspecified atom stereocenters. The van der Waals surface area contributed by atoms with Gasteiger partial charge in [-0.1, -0.05) is 26.7 Å². The maximum absolute atomic E-state index is 13.1. The zero-order valence-corrected chi connectivity index (χ0v) is 17.4. The van der Waals surface area contributed by atoms with Gasteiger partial charge in [-0.3, -0.25) is 4.79 Å². The molecular formula is C22H35NO5. The van der Waals surface area contributed by atoms with Crippen LogP contribution in [0.2, 0.25) is 0 Å². The summed E-state index contributed by atoms with van der Waals surface area (Å²) in [6.07, 6.45) is 7.98. The molecule has 1 amide bonds. The maximum Gasteiger partial charge on any atom is 0.249 e. The van der Waals surface area contributed by atoms with Crippen molar-refractivity contribution in [2.24, 2.45) is 29.6 Å². The minimum atomic E-state index is -0.789. The van der Waals surface area contributed by atoms with Crippen LogP contribution in [0.5, 0.6) is 0 Å². The molecule has 6 fully saturated rings. The van der Waals surface area contributed by atoms with Crippen LogP contribution in [0.3, 0.4) is 0 Å². The minimum absolute atomic E-state index is 0.0132. The van der Waals surface area contributed by atoms with Gasteiger partial charge in [0.2, 0.25) is 11.7 Å². The Morgan fingerprint density at radius 1 is 1.04 bits per heavy atom. The molecule has 6 aliphatic rings. The summed E-state index contributed by atoms with van der Waals surface area (Å²) in [6, 6.07) is 0. The van der Waals surface area contributed by atoms with Crippen LogP contribution in [-0.2, 0) is 24.0 Å². The molecule has 8 atom stereocenters. The SMILES string of the molecule is C[C@H]1[C@H](C(=O)NCC2CCCC2)O[C@@H]2O[C@@]3(C)CC[C@H]4[C@H](C)CC[C@@H]1[C@@]24OO3. The lowest BCUT2D eigenvalue weighted by Crippen LogP contribution is -2.71. The van der Waals surface area contributed by atoms with E-state index in [2.05, 4.69) is 19.2 Å². The fraction of sp³-hybridized carbons (Fsp3) is 0.955. The molecule has 2 aliphatic carbocycles. The average Bonchev–Trinajstić information content (AvgIpc) is 3.09. The third-order valence-electron chi connectivity index (χ3n) is 8.46. The number of fused-ring (bicyclic) bond motifs is 2. The van der Waals surface area contributed by atoms with E-state index in [1.807, 2.05) is 6.92 Å². The zero-order valence-electron chi connectivity index (χ0n) is 17.4. The van der Waals surface area contributed by atoms with E-state index < -0.39 is 23.8 Å². The highest BCUT2D eigenvalue weighted by Crippen LogP contribution is 2.60. The molecule has 0 aromatic heterocycles. The van der Waals surface area contributed by atoms with Gasteiger partial charge in [-0.05, 0) is 62.7 Å². The van der Waals surface area contributed by atoms with Crippen molar-refractivity contribution in [3.8, 4) is 0 Å². The Hall–Kier alpha value is -0.690. The molecule has 6 heteroatoms. The summed E-state index contributed by atoms with van der Waals surface area (Å²) in [5.41, 5.74) is -0.588. The predicted octanol–water partition coefficient (Wildman–Crippen LogP) is 3.54. The van der Waals surface area contributed by atoms with Crippen LogP contribution in [0.4, 0.5) is 0 Å². The van der Waals surface area contributed by atoms with Crippen LogP contribution in [0.25, 0.3) is 0 Å². The van der Waals surface area contributed by atoms with Gasteiger partial charge in [0.15, 0.2) is 11.9 Å². The number of carbonyl (C=O) groups excluding carboxylic acids is 1. The molecule has 4 aliphatic heterocycles. The van der Waals surface area contributed by atoms with Gasteiger partial charge in [-0.2, -0.15) is 0 Å². The molecule has 2 saturated carbocycles. The highest BCUT2D eigenvalue weighted by atomic mass is 17.3. The van der Waals surface area contributed by atoms with Gasteiger partial charge in [-0.15, -0.1) is 0 Å². The quantitative estimate of drug-likeness (QED) is 0.743. The number of amides is 1. The van der Waals surface area contributed by atoms with Crippen molar-refractivity contribution in [1.82, 2.24) is 5.32 Å². The molecule has 1 spiro atoms. The summed E-state index contributed by atoms with van der Waals surface area (Å²) in [7, 11) is 0. The Morgan fingerprint density at radius 3 is 2.61 bits per heavy atom. The third kappa shape index (κ3) is 2.86. The van der Waals surface area contributed by atoms with E-state index in [9.17, 15) is 4.79 Å². The van der Waals surface area contributed by atoms with Crippen LogP contribution >= 0.6 is 0 Å². The molecule has 158 valence electrons. The van der Waals surface area contributed by atoms with E-state index in [1.165, 1.54) is 25.7 Å². The van der Waals surface area contributed by atoms with Crippen LogP contribution in [0.1, 0.15) is 72.1 Å². The Morgan fingerprint density at radius 2 is 1.82 bits per heavy atom. The smallest absolute Gasteiger partial charge is 0.249 e. The zero-order chi connectivity index (χ0) is 19.5. The fourth-order valence-corrected chi connectivity index (χ4v) is 6.76. The second-order valence-corrected chi connectivity index (χ2v) is 10.2. The van der Waals surface area contributed by atoms with Crippen molar-refractivity contribution in [2.45, 2.75) is 95.9 Å². The van der Waals surface area contributed by atoms with Gasteiger partial charge in [-0.25, -0.2) is 9.78 Å². The second-order valence-electron chi connectivity index (χ2n) is 10.2. The number of hydrogen-bond donors (Lipinski definition) is 1. The van der Waals surface area contributed by atoms with Crippen molar-refractivity contribution < 1.29 is 24.0 Å². The van der Waals surface area contributed by atoms with E-state index >= 15 is 0 Å². The van der Waals surface area contributed by atoms with Crippen molar-refractivity contribution in [2.75, 3.05) is 6.54 Å². The molecule has 0 aromatic rings. The van der Waals surface area contributed by atoms with Gasteiger partial charge in [0, 0.05) is 18.9 Å². The molecule has 4 saturated heterocycles. The van der Waals surface area contributed by atoms with Crippen LogP contribution < -0.4 is 5.32 Å². The van der Waals surface area contributed by atoms with E-state index in [0.29, 0.717) is 17.8 Å². The Balaban J connectivity index is 1.39. The first kappa shape index (κ1) is 19.3. The molecule has 2 bridgehead atoms. The topological polar surface area (TPSA) is 66.0 Å². The lowest BCUT2D eigenvalue weighted by Gasteiger charge is -2.60. The highest BCUT2D eigenvalue weighted by molar-refractivity contribution is 5.81. The van der Waals surface area contributed by atoms with E-state index in [4.69, 9.17) is 19.2 Å². The Bertz CT molecular complexity index is 622. The number of rotatable bonds is 3. The van der Waals surface area contributed by atoms with E-state index in [1.54, 1.807) is 0 Å². The van der Waals surface area contributed by atoms with Gasteiger partial charge in [0.05, 0.1) is 0 Å². The van der Waals surface area contributed by atoms with Crippen molar-refractivity contribution in [1.29, 1.82) is 0 Å². The van der Waals surface area contributed by atoms with Crippen LogP contribution in [0, 0.1) is 29.6 Å². The maximum atomic E-state index is 13.1. The number of hydrogen-bond acceptors (Lipinski definition) is 5. The summed E-state index contributed by atoms with van der Waals surface area (Å²) in [4.78, 5) is 25.1. The molecule has 28 heavy (non-hydrogen) atoms. The van der Waals surface area contributed by atoms with Crippen LogP contribution in [0.15, 0.2) is 0 Å². The molecule has 6 nitrogen and oxygen atoms in total. The molecule has 0 aromatic carbocycles. The first-order valence-corrected chi connectivity index (χ1v) is 11.4. The normalized spacial score (nSPS) is 50.8. The summed E-state index contributed by atoms with van der Waals surface area (Å²) >= 11 is 0. The van der Waals surface area contributed by atoms with Crippen molar-refractivity contribution in [3.05, 3.63) is 0 Å². The van der Waals surface area contributed by atoms with Gasteiger partial charge in [0.1, 0.15) is 6.10 Å². The van der Waals surface area contributed by atoms with E-state index in [-0.39, 0.29) is 17.7 Å². The lowest BCUT2D eigenvalue weighted by atomic mass is 9.57. The Labute approximate surface area is 167 Å². The highest BCUT2D eigenvalue weighted by Gasteiger charge is 2.69. The monoisotopic (exact) mass is 393 g/mol. The molecule has 4 heterocycles. The molecule has 6 rings (SSSR count). The number of carbonyl (C=O) groups is 1. The standard InChI is InChI=1S/C22H35NO5/c1-13-8-9-17-14(2)18(19(24)23-12-15-6-4-5-7-15)25-20-22(17)16(13)10-11-21(3,26-20)27-28-22/h13-18,20H,4-12H2,1-3H3,(H,23,24)/t13-,14-,16+,17+,18-,20-,21-,22-/m1/s1. The first-order chi connectivity index (χ1) is 13.4. The molecule has 1 N–H and O–H groups in total. The number of nitrogens with one attached hydrogen (secondary N) is 1. The van der Waals surface area contributed by atoms with Crippen LogP contribution in [-0.4, -0.2) is 36.2 Å². The summed E-state index contributed by atoms with van der Waals surface area (Å²) in [6.45, 7) is 7.14. The minimum Gasteiger partial charge on any atom is -0.354 e. The molecule has 0 radical (unpaired) electrons. The van der Waals surface area contributed by atoms with Gasteiger partial charge >= 0.3 is 0 Å². The van der Waals surface area contributed by atoms with Gasteiger partial charge < -0.3 is 14.8 Å².